The number of anilines is 1. The van der Waals surface area contributed by atoms with Gasteiger partial charge in [0.05, 0.1) is 17.9 Å². The van der Waals surface area contributed by atoms with Crippen molar-refractivity contribution < 1.29 is 4.79 Å². The maximum absolute atomic E-state index is 13.2. The normalized spacial score (nSPS) is 17.0. The molecular formula is C18H21N7O. The molecule has 1 atom stereocenters. The number of aromatic nitrogens is 5. The molecule has 1 aliphatic rings. The molecule has 3 aromatic rings. The van der Waals surface area contributed by atoms with Gasteiger partial charge in [-0.1, -0.05) is 0 Å². The Balaban J connectivity index is 1.70. The van der Waals surface area contributed by atoms with Crippen LogP contribution in [0, 0.1) is 6.92 Å². The average Bonchev–Trinajstić information content (AvgIpc) is 3.28. The van der Waals surface area contributed by atoms with Gasteiger partial charge in [-0.15, -0.1) is 0 Å². The zero-order valence-corrected chi connectivity index (χ0v) is 15.1. The maximum atomic E-state index is 13.2. The molecule has 0 spiro atoms. The van der Waals surface area contributed by atoms with Gasteiger partial charge < -0.3 is 9.80 Å². The Bertz CT molecular complexity index is 965. The first-order chi connectivity index (χ1) is 12.5. The van der Waals surface area contributed by atoms with E-state index in [4.69, 9.17) is 0 Å². The summed E-state index contributed by atoms with van der Waals surface area (Å²) in [6.07, 6.45) is 6.89. The number of hydrogen-bond acceptors (Lipinski definition) is 6. The van der Waals surface area contributed by atoms with Crippen LogP contribution >= 0.6 is 0 Å². The van der Waals surface area contributed by atoms with E-state index >= 15 is 0 Å². The number of carbonyl (C=O) groups is 1. The summed E-state index contributed by atoms with van der Waals surface area (Å²) in [5.41, 5.74) is 1.99. The molecule has 0 bridgehead atoms. The van der Waals surface area contributed by atoms with E-state index < -0.39 is 0 Å². The molecule has 1 unspecified atom stereocenters. The third-order valence-electron chi connectivity index (χ3n) is 4.67. The summed E-state index contributed by atoms with van der Waals surface area (Å²) < 4.78 is 1.62. The largest absolute Gasteiger partial charge is 0.363 e. The van der Waals surface area contributed by atoms with Crippen molar-refractivity contribution in [2.45, 2.75) is 25.8 Å². The minimum absolute atomic E-state index is 0.0520. The van der Waals surface area contributed by atoms with Crippen LogP contribution in [0.2, 0.25) is 0 Å². The van der Waals surface area contributed by atoms with Crippen LogP contribution in [0.25, 0.3) is 5.65 Å². The molecule has 4 heterocycles. The van der Waals surface area contributed by atoms with Crippen LogP contribution in [0.4, 0.5) is 5.82 Å². The second-order valence-corrected chi connectivity index (χ2v) is 6.70. The smallest absolute Gasteiger partial charge is 0.259 e. The van der Waals surface area contributed by atoms with Crippen molar-refractivity contribution >= 4 is 17.4 Å². The fourth-order valence-electron chi connectivity index (χ4n) is 3.42. The summed E-state index contributed by atoms with van der Waals surface area (Å²) in [7, 11) is 3.90. The quantitative estimate of drug-likeness (QED) is 0.717. The highest BCUT2D eigenvalue weighted by Crippen LogP contribution is 2.33. The molecule has 0 radical (unpaired) electrons. The Morgan fingerprint density at radius 3 is 2.96 bits per heavy atom. The predicted octanol–water partition coefficient (Wildman–Crippen LogP) is 1.87. The molecule has 8 nitrogen and oxygen atoms in total. The molecule has 0 N–H and O–H groups in total. The monoisotopic (exact) mass is 351 g/mol. The summed E-state index contributed by atoms with van der Waals surface area (Å²) in [6.45, 7) is 2.58. The minimum atomic E-state index is -0.0541. The van der Waals surface area contributed by atoms with Crippen molar-refractivity contribution in [3.8, 4) is 0 Å². The van der Waals surface area contributed by atoms with Gasteiger partial charge in [-0.05, 0) is 25.8 Å². The average molecular weight is 351 g/mol. The SMILES string of the molecule is Cc1nc(C2CCCN2C(=O)c2cnn3cccnc23)cc(N(C)C)n1. The van der Waals surface area contributed by atoms with Crippen LogP contribution in [0.1, 0.15) is 40.8 Å². The lowest BCUT2D eigenvalue weighted by Gasteiger charge is -2.25. The first-order valence-corrected chi connectivity index (χ1v) is 8.67. The van der Waals surface area contributed by atoms with Gasteiger partial charge in [0.2, 0.25) is 0 Å². The summed E-state index contributed by atoms with van der Waals surface area (Å²) in [6, 6.07) is 3.71. The first-order valence-electron chi connectivity index (χ1n) is 8.67. The van der Waals surface area contributed by atoms with Crippen LogP contribution in [0.5, 0.6) is 0 Å². The van der Waals surface area contributed by atoms with E-state index in [0.717, 1.165) is 24.4 Å². The van der Waals surface area contributed by atoms with Crippen molar-refractivity contribution in [1.29, 1.82) is 0 Å². The van der Waals surface area contributed by atoms with Crippen molar-refractivity contribution in [2.75, 3.05) is 25.5 Å². The summed E-state index contributed by atoms with van der Waals surface area (Å²) in [5.74, 6) is 1.51. The van der Waals surface area contributed by atoms with Crippen LogP contribution < -0.4 is 4.90 Å². The highest BCUT2D eigenvalue weighted by atomic mass is 16.2. The first kappa shape index (κ1) is 16.4. The van der Waals surface area contributed by atoms with E-state index in [9.17, 15) is 4.79 Å². The molecule has 4 rings (SSSR count). The van der Waals surface area contributed by atoms with Gasteiger partial charge >= 0.3 is 0 Å². The fraction of sp³-hybridized carbons (Fsp3) is 0.389. The number of aryl methyl sites for hydroxylation is 1. The lowest BCUT2D eigenvalue weighted by molar-refractivity contribution is 0.0734. The Labute approximate surface area is 151 Å². The van der Waals surface area contributed by atoms with Crippen molar-refractivity contribution in [3.05, 3.63) is 47.8 Å². The Morgan fingerprint density at radius 1 is 1.31 bits per heavy atom. The summed E-state index contributed by atoms with van der Waals surface area (Å²) >= 11 is 0. The van der Waals surface area contributed by atoms with Crippen molar-refractivity contribution in [2.24, 2.45) is 0 Å². The highest BCUT2D eigenvalue weighted by molar-refractivity contribution is 6.00. The molecule has 8 heteroatoms. The third-order valence-corrected chi connectivity index (χ3v) is 4.67. The fourth-order valence-corrected chi connectivity index (χ4v) is 3.42. The van der Waals surface area contributed by atoms with Crippen LogP contribution in [0.3, 0.4) is 0 Å². The van der Waals surface area contributed by atoms with Crippen LogP contribution in [0.15, 0.2) is 30.7 Å². The second-order valence-electron chi connectivity index (χ2n) is 6.70. The number of fused-ring (bicyclic) bond motifs is 1. The zero-order chi connectivity index (χ0) is 18.3. The standard InChI is InChI=1S/C18H21N7O/c1-12-21-14(10-16(22-12)23(2)3)15-6-4-8-24(15)18(26)13-11-20-25-9-5-7-19-17(13)25/h5,7,9-11,15H,4,6,8H2,1-3H3. The van der Waals surface area contributed by atoms with Gasteiger partial charge in [0.15, 0.2) is 5.65 Å². The van der Waals surface area contributed by atoms with Crippen LogP contribution in [-0.2, 0) is 0 Å². The van der Waals surface area contributed by atoms with Crippen molar-refractivity contribution in [3.63, 3.8) is 0 Å². The van der Waals surface area contributed by atoms with Crippen molar-refractivity contribution in [1.82, 2.24) is 29.5 Å². The van der Waals surface area contributed by atoms with E-state index in [0.29, 0.717) is 23.6 Å². The molecule has 0 aromatic carbocycles. The zero-order valence-electron chi connectivity index (χ0n) is 15.1. The third kappa shape index (κ3) is 2.77. The highest BCUT2D eigenvalue weighted by Gasteiger charge is 2.33. The van der Waals surface area contributed by atoms with Gasteiger partial charge in [-0.3, -0.25) is 4.79 Å². The number of likely N-dealkylation sites (tertiary alicyclic amines) is 1. The van der Waals surface area contributed by atoms with Gasteiger partial charge in [-0.2, -0.15) is 5.10 Å². The molecule has 134 valence electrons. The Hall–Kier alpha value is -3.03. The molecule has 3 aromatic heterocycles. The van der Waals surface area contributed by atoms with Gasteiger partial charge in [0.25, 0.3) is 5.91 Å². The van der Waals surface area contributed by atoms with E-state index in [2.05, 4.69) is 20.1 Å². The lowest BCUT2D eigenvalue weighted by Crippen LogP contribution is -2.31. The lowest BCUT2D eigenvalue weighted by atomic mass is 10.1. The van der Waals surface area contributed by atoms with Gasteiger partial charge in [0, 0.05) is 39.1 Å². The predicted molar refractivity (Wildman–Crippen MR) is 97.1 cm³/mol. The molecule has 1 fully saturated rings. The van der Waals surface area contributed by atoms with E-state index in [1.54, 1.807) is 29.2 Å². The molecular weight excluding hydrogens is 330 g/mol. The second kappa shape index (κ2) is 6.36. The van der Waals surface area contributed by atoms with E-state index in [-0.39, 0.29) is 11.9 Å². The summed E-state index contributed by atoms with van der Waals surface area (Å²) in [5, 5.41) is 4.23. The molecule has 26 heavy (non-hydrogen) atoms. The molecule has 0 saturated carbocycles. The number of hydrogen-bond donors (Lipinski definition) is 0. The Morgan fingerprint density at radius 2 is 2.15 bits per heavy atom. The number of nitrogens with zero attached hydrogens (tertiary/aromatic N) is 7. The number of carbonyl (C=O) groups excluding carboxylic acids is 1. The summed E-state index contributed by atoms with van der Waals surface area (Å²) in [4.78, 5) is 30.4. The molecule has 1 amide bonds. The molecule has 0 aliphatic carbocycles. The Kier molecular flexibility index (Phi) is 4.02. The molecule has 1 aliphatic heterocycles. The van der Waals surface area contributed by atoms with Gasteiger partial charge in [0.1, 0.15) is 17.2 Å². The topological polar surface area (TPSA) is 79.5 Å². The molecule has 1 saturated heterocycles. The number of amides is 1. The minimum Gasteiger partial charge on any atom is -0.363 e. The van der Waals surface area contributed by atoms with Gasteiger partial charge in [-0.25, -0.2) is 19.5 Å². The van der Waals surface area contributed by atoms with E-state index in [1.807, 2.05) is 36.9 Å². The maximum Gasteiger partial charge on any atom is 0.259 e. The van der Waals surface area contributed by atoms with Crippen LogP contribution in [-0.4, -0.2) is 56.0 Å². The van der Waals surface area contributed by atoms with E-state index in [1.165, 1.54) is 0 Å². The number of rotatable bonds is 3.